The molecule has 0 fully saturated rings. The molecule has 2 unspecified atom stereocenters. The van der Waals surface area contributed by atoms with E-state index in [1.807, 2.05) is 0 Å². The molecule has 0 aromatic carbocycles. The predicted octanol–water partition coefficient (Wildman–Crippen LogP) is 0.101. The smallest absolute Gasteiger partial charge is 0.200 e. The first-order chi connectivity index (χ1) is 4.09. The Labute approximate surface area is 63.2 Å². The molecular formula is C5H11NOS2. The average Bonchev–Trinajstić information content (AvgIpc) is 1.84. The number of carbonyl (C=O) groups excluding carboxylic acids is 1. The highest BCUT2D eigenvalue weighted by atomic mass is 32.2. The van der Waals surface area contributed by atoms with Crippen LogP contribution in [0.3, 0.4) is 0 Å². The van der Waals surface area contributed by atoms with Gasteiger partial charge in [0.1, 0.15) is 0 Å². The topological polar surface area (TPSA) is 43.1 Å². The molecule has 0 saturated heterocycles. The van der Waals surface area contributed by atoms with Crippen LogP contribution >= 0.6 is 23.1 Å². The summed E-state index contributed by atoms with van der Waals surface area (Å²) in [6.45, 7) is 0. The van der Waals surface area contributed by atoms with Gasteiger partial charge in [0.25, 0.3) is 0 Å². The van der Waals surface area contributed by atoms with Gasteiger partial charge in [-0.1, -0.05) is 5.87 Å². The fourth-order valence-electron chi connectivity index (χ4n) is 0.333. The van der Waals surface area contributed by atoms with E-state index >= 15 is 0 Å². The highest BCUT2D eigenvalue weighted by Crippen LogP contribution is 2.06. The van der Waals surface area contributed by atoms with Gasteiger partial charge in [0, 0.05) is 5.75 Å². The first-order valence-corrected chi connectivity index (χ1v) is 4.89. The molecule has 0 heterocycles. The van der Waals surface area contributed by atoms with Gasteiger partial charge in [-0.25, -0.2) is 0 Å². The molecule has 0 spiro atoms. The Balaban J connectivity index is 3.88. The number of carbonyl (C=O) groups is 1. The summed E-state index contributed by atoms with van der Waals surface area (Å²) in [5.74, 6) is 3.98. The number of nitrogens with two attached hydrogens (primary N) is 1. The molecule has 0 bridgehead atoms. The second-order valence-corrected chi connectivity index (χ2v) is 3.79. The van der Waals surface area contributed by atoms with Gasteiger partial charge >= 0.3 is 0 Å². The molecule has 9 heavy (non-hydrogen) atoms. The quantitative estimate of drug-likeness (QED) is 0.450. The van der Waals surface area contributed by atoms with Crippen LogP contribution in [0.1, 0.15) is 0 Å². The summed E-state index contributed by atoms with van der Waals surface area (Å²) < 4.78 is 0. The van der Waals surface area contributed by atoms with Crippen molar-refractivity contribution in [3.63, 3.8) is 0 Å². The molecule has 0 amide bonds. The van der Waals surface area contributed by atoms with Crippen LogP contribution in [-0.4, -0.2) is 29.0 Å². The summed E-state index contributed by atoms with van der Waals surface area (Å²) >= 11 is 3.88. The molecule has 0 radical (unpaired) electrons. The molecular weight excluding hydrogens is 154 g/mol. The molecule has 0 aromatic heterocycles. The van der Waals surface area contributed by atoms with Gasteiger partial charge in [-0.2, -0.15) is 12.6 Å². The largest absolute Gasteiger partial charge is 0.320 e. The van der Waals surface area contributed by atoms with Gasteiger partial charge in [-0.3, -0.25) is 4.79 Å². The molecule has 2 N–H and O–H groups in total. The SMILES string of the molecule is C=S(C)C(=O)C(N)CS. The highest BCUT2D eigenvalue weighted by molar-refractivity contribution is 8.26. The highest BCUT2D eigenvalue weighted by Gasteiger charge is 2.09. The van der Waals surface area contributed by atoms with E-state index < -0.39 is 16.5 Å². The average molecular weight is 165 g/mol. The summed E-state index contributed by atoms with van der Waals surface area (Å²) in [4.78, 5) is 10.8. The number of thiol groups is 1. The van der Waals surface area contributed by atoms with E-state index in [-0.39, 0.29) is 5.12 Å². The fourth-order valence-corrected chi connectivity index (χ4v) is 1.22. The predicted molar refractivity (Wildman–Crippen MR) is 47.5 cm³/mol. The third-order valence-electron chi connectivity index (χ3n) is 0.843. The van der Waals surface area contributed by atoms with Crippen molar-refractivity contribution < 1.29 is 4.79 Å². The van der Waals surface area contributed by atoms with Gasteiger partial charge in [0.15, 0.2) is 5.12 Å². The first-order valence-electron chi connectivity index (χ1n) is 2.45. The van der Waals surface area contributed by atoms with Gasteiger partial charge in [0.05, 0.1) is 6.04 Å². The molecule has 54 valence electrons. The molecule has 0 aliphatic rings. The van der Waals surface area contributed by atoms with Gasteiger partial charge in [0.2, 0.25) is 0 Å². The van der Waals surface area contributed by atoms with E-state index in [9.17, 15) is 4.79 Å². The van der Waals surface area contributed by atoms with E-state index in [1.165, 1.54) is 0 Å². The van der Waals surface area contributed by atoms with Crippen molar-refractivity contribution in [2.45, 2.75) is 6.04 Å². The summed E-state index contributed by atoms with van der Waals surface area (Å²) in [5.41, 5.74) is 5.36. The minimum atomic E-state index is -0.453. The third-order valence-corrected chi connectivity index (χ3v) is 2.23. The van der Waals surface area contributed by atoms with E-state index in [0.29, 0.717) is 5.75 Å². The molecule has 4 heteroatoms. The molecule has 0 aliphatic carbocycles. The monoisotopic (exact) mass is 165 g/mol. The van der Waals surface area contributed by atoms with Crippen LogP contribution in [0.15, 0.2) is 0 Å². The standard InChI is InChI=1S/C5H11NOS2/c1-9(2)5(7)4(6)3-8/h4,8H,1,3,6H2,2H3. The lowest BCUT2D eigenvalue weighted by molar-refractivity contribution is -0.111. The Bertz CT molecular complexity index is 135. The van der Waals surface area contributed by atoms with Gasteiger partial charge in [-0.05, 0) is 6.26 Å². The van der Waals surface area contributed by atoms with Crippen LogP contribution in [0.25, 0.3) is 0 Å². The second kappa shape index (κ2) is 4.09. The zero-order chi connectivity index (χ0) is 7.44. The number of hydrogen-bond acceptors (Lipinski definition) is 3. The summed E-state index contributed by atoms with van der Waals surface area (Å²) in [6, 6.07) is -0.431. The molecule has 2 nitrogen and oxygen atoms in total. The third kappa shape index (κ3) is 3.03. The van der Waals surface area contributed by atoms with Gasteiger partial charge in [-0.15, -0.1) is 10.5 Å². The minimum Gasteiger partial charge on any atom is -0.320 e. The second-order valence-electron chi connectivity index (χ2n) is 1.75. The zero-order valence-electron chi connectivity index (χ0n) is 5.33. The molecule has 0 aliphatic heterocycles. The first kappa shape index (κ1) is 9.20. The Morgan fingerprint density at radius 3 is 2.56 bits per heavy atom. The Hall–Kier alpha value is 0.200. The molecule has 0 rings (SSSR count). The number of rotatable bonds is 2. The van der Waals surface area contributed by atoms with Crippen LogP contribution < -0.4 is 5.73 Å². The summed E-state index contributed by atoms with van der Waals surface area (Å²) in [6.07, 6.45) is 1.76. The van der Waals surface area contributed by atoms with Crippen molar-refractivity contribution in [3.05, 3.63) is 0 Å². The van der Waals surface area contributed by atoms with Crippen molar-refractivity contribution in [2.75, 3.05) is 12.0 Å². The lowest BCUT2D eigenvalue weighted by Crippen LogP contribution is -2.30. The summed E-state index contributed by atoms with van der Waals surface area (Å²) in [7, 11) is -0.453. The fraction of sp³-hybridized carbons (Fsp3) is 0.600. The van der Waals surface area contributed by atoms with Crippen LogP contribution in [-0.2, 0) is 4.79 Å². The lowest BCUT2D eigenvalue weighted by Gasteiger charge is -2.05. The van der Waals surface area contributed by atoms with Crippen molar-refractivity contribution in [2.24, 2.45) is 5.73 Å². The Morgan fingerprint density at radius 2 is 2.44 bits per heavy atom. The maximum absolute atomic E-state index is 10.8. The van der Waals surface area contributed by atoms with Crippen LogP contribution in [0.5, 0.6) is 0 Å². The lowest BCUT2D eigenvalue weighted by atomic mass is 10.4. The maximum Gasteiger partial charge on any atom is 0.200 e. The van der Waals surface area contributed by atoms with E-state index in [4.69, 9.17) is 5.73 Å². The molecule has 2 atom stereocenters. The van der Waals surface area contributed by atoms with Gasteiger partial charge < -0.3 is 5.73 Å². The van der Waals surface area contributed by atoms with E-state index in [2.05, 4.69) is 18.5 Å². The normalized spacial score (nSPS) is 16.8. The van der Waals surface area contributed by atoms with Crippen molar-refractivity contribution >= 4 is 34.1 Å². The van der Waals surface area contributed by atoms with Crippen LogP contribution in [0.4, 0.5) is 0 Å². The van der Waals surface area contributed by atoms with E-state index in [1.54, 1.807) is 6.26 Å². The molecule has 0 saturated carbocycles. The van der Waals surface area contributed by atoms with Crippen LogP contribution in [0, 0.1) is 0 Å². The molecule has 0 aromatic rings. The number of hydrogen-bond donors (Lipinski definition) is 2. The minimum absolute atomic E-state index is 0.00463. The zero-order valence-corrected chi connectivity index (χ0v) is 7.04. The van der Waals surface area contributed by atoms with E-state index in [0.717, 1.165) is 0 Å². The maximum atomic E-state index is 10.8. The van der Waals surface area contributed by atoms with Crippen molar-refractivity contribution in [1.82, 2.24) is 0 Å². The van der Waals surface area contributed by atoms with Crippen molar-refractivity contribution in [1.29, 1.82) is 0 Å². The Kier molecular flexibility index (Phi) is 4.18. The Morgan fingerprint density at radius 1 is 2.00 bits per heavy atom. The van der Waals surface area contributed by atoms with Crippen molar-refractivity contribution in [3.8, 4) is 0 Å². The van der Waals surface area contributed by atoms with Crippen LogP contribution in [0.2, 0.25) is 0 Å². The summed E-state index contributed by atoms with van der Waals surface area (Å²) in [5, 5.41) is 0.00463.